The molecule has 24 heavy (non-hydrogen) atoms. The summed E-state index contributed by atoms with van der Waals surface area (Å²) >= 11 is 5.97. The molecule has 1 aliphatic rings. The highest BCUT2D eigenvalue weighted by atomic mass is 35.5. The second-order valence-electron chi connectivity index (χ2n) is 5.56. The normalized spacial score (nSPS) is 19.2. The third-order valence-corrected chi connectivity index (χ3v) is 4.27. The predicted octanol–water partition coefficient (Wildman–Crippen LogP) is 3.50. The second kappa shape index (κ2) is 6.80. The average Bonchev–Trinajstić information content (AvgIpc) is 3.38. The van der Waals surface area contributed by atoms with Gasteiger partial charge < -0.3 is 0 Å². The van der Waals surface area contributed by atoms with Gasteiger partial charge in [-0.2, -0.15) is 5.10 Å². The van der Waals surface area contributed by atoms with Crippen molar-refractivity contribution >= 4 is 29.4 Å². The summed E-state index contributed by atoms with van der Waals surface area (Å²) in [6.45, 7) is 0. The highest BCUT2D eigenvalue weighted by molar-refractivity contribution is 6.33. The fourth-order valence-corrected chi connectivity index (χ4v) is 2.71. The van der Waals surface area contributed by atoms with E-state index in [2.05, 4.69) is 10.5 Å². The number of benzene rings is 2. The molecule has 0 radical (unpaired) electrons. The van der Waals surface area contributed by atoms with E-state index in [1.54, 1.807) is 0 Å². The van der Waals surface area contributed by atoms with E-state index in [-0.39, 0.29) is 23.4 Å². The Morgan fingerprint density at radius 1 is 1.29 bits per heavy atom. The third kappa shape index (κ3) is 3.60. The summed E-state index contributed by atoms with van der Waals surface area (Å²) in [6, 6.07) is 13.9. The van der Waals surface area contributed by atoms with Crippen LogP contribution in [-0.4, -0.2) is 17.0 Å². The van der Waals surface area contributed by atoms with E-state index in [0.29, 0.717) is 10.6 Å². The lowest BCUT2D eigenvalue weighted by Crippen LogP contribution is -2.20. The van der Waals surface area contributed by atoms with Gasteiger partial charge in [-0.1, -0.05) is 41.9 Å². The SMILES string of the molecule is O=C(NN=Cc1cc([N+](=O)[O-])ccc1Cl)C1CC1c1ccccc1. The van der Waals surface area contributed by atoms with Gasteiger partial charge in [-0.05, 0) is 24.0 Å². The van der Waals surface area contributed by atoms with Crippen LogP contribution >= 0.6 is 11.6 Å². The van der Waals surface area contributed by atoms with Crippen LogP contribution in [-0.2, 0) is 4.79 Å². The number of rotatable bonds is 5. The largest absolute Gasteiger partial charge is 0.273 e. The van der Waals surface area contributed by atoms with Crippen LogP contribution < -0.4 is 5.43 Å². The Morgan fingerprint density at radius 2 is 2.04 bits per heavy atom. The van der Waals surface area contributed by atoms with Gasteiger partial charge in [0.2, 0.25) is 5.91 Å². The zero-order chi connectivity index (χ0) is 17.1. The molecule has 1 saturated carbocycles. The fraction of sp³-hybridized carbons (Fsp3) is 0.176. The van der Waals surface area contributed by atoms with E-state index in [4.69, 9.17) is 11.6 Å². The Labute approximate surface area is 143 Å². The molecule has 2 aromatic carbocycles. The second-order valence-corrected chi connectivity index (χ2v) is 5.96. The first-order chi connectivity index (χ1) is 11.6. The molecule has 2 unspecified atom stereocenters. The molecule has 0 bridgehead atoms. The van der Waals surface area contributed by atoms with Crippen LogP contribution in [0.4, 0.5) is 5.69 Å². The van der Waals surface area contributed by atoms with E-state index in [9.17, 15) is 14.9 Å². The molecule has 1 N–H and O–H groups in total. The average molecular weight is 344 g/mol. The lowest BCUT2D eigenvalue weighted by Gasteiger charge is -2.01. The molecule has 1 amide bonds. The minimum absolute atomic E-state index is 0.0847. The van der Waals surface area contributed by atoms with E-state index in [1.165, 1.54) is 24.4 Å². The lowest BCUT2D eigenvalue weighted by molar-refractivity contribution is -0.384. The first-order valence-electron chi connectivity index (χ1n) is 7.38. The Balaban J connectivity index is 1.60. The molecule has 2 aromatic rings. The number of hydrogen-bond donors (Lipinski definition) is 1. The molecule has 0 aromatic heterocycles. The van der Waals surface area contributed by atoms with Crippen molar-refractivity contribution in [1.82, 2.24) is 5.43 Å². The van der Waals surface area contributed by atoms with Gasteiger partial charge in [0.15, 0.2) is 0 Å². The molecular weight excluding hydrogens is 330 g/mol. The molecule has 7 heteroatoms. The van der Waals surface area contributed by atoms with Crippen molar-refractivity contribution in [1.29, 1.82) is 0 Å². The van der Waals surface area contributed by atoms with Gasteiger partial charge in [0, 0.05) is 28.6 Å². The number of nitrogens with one attached hydrogen (secondary N) is 1. The van der Waals surface area contributed by atoms with Crippen molar-refractivity contribution in [2.75, 3.05) is 0 Å². The highest BCUT2D eigenvalue weighted by Gasteiger charge is 2.43. The van der Waals surface area contributed by atoms with Crippen molar-refractivity contribution in [2.45, 2.75) is 12.3 Å². The number of amides is 1. The molecule has 122 valence electrons. The maximum atomic E-state index is 12.1. The van der Waals surface area contributed by atoms with Gasteiger partial charge in [0.1, 0.15) is 0 Å². The monoisotopic (exact) mass is 343 g/mol. The summed E-state index contributed by atoms with van der Waals surface area (Å²) < 4.78 is 0. The lowest BCUT2D eigenvalue weighted by atomic mass is 10.1. The maximum absolute atomic E-state index is 12.1. The summed E-state index contributed by atoms with van der Waals surface area (Å²) in [5.41, 5.74) is 3.90. The molecule has 0 spiro atoms. The molecule has 6 nitrogen and oxygen atoms in total. The summed E-state index contributed by atoms with van der Waals surface area (Å²) in [5, 5.41) is 14.9. The molecular formula is C17H14ClN3O3. The topological polar surface area (TPSA) is 84.6 Å². The standard InChI is InChI=1S/C17H14ClN3O3/c18-16-7-6-13(21(23)24)8-12(16)10-19-20-17(22)15-9-14(15)11-4-2-1-3-5-11/h1-8,10,14-15H,9H2,(H,20,22). The molecule has 0 heterocycles. The fourth-order valence-electron chi connectivity index (χ4n) is 2.55. The number of nitro benzene ring substituents is 1. The first-order valence-corrected chi connectivity index (χ1v) is 7.76. The number of nitrogens with zero attached hydrogens (tertiary/aromatic N) is 2. The van der Waals surface area contributed by atoms with Crippen LogP contribution in [0, 0.1) is 16.0 Å². The van der Waals surface area contributed by atoms with Crippen LogP contribution in [0.3, 0.4) is 0 Å². The van der Waals surface area contributed by atoms with Gasteiger partial charge in [0.25, 0.3) is 5.69 Å². The number of halogens is 1. The molecule has 0 saturated heterocycles. The summed E-state index contributed by atoms with van der Waals surface area (Å²) in [6.07, 6.45) is 2.11. The van der Waals surface area contributed by atoms with Crippen LogP contribution in [0.2, 0.25) is 5.02 Å². The van der Waals surface area contributed by atoms with Crippen LogP contribution in [0.25, 0.3) is 0 Å². The number of carbonyl (C=O) groups is 1. The van der Waals surface area contributed by atoms with Crippen molar-refractivity contribution in [3.05, 3.63) is 74.8 Å². The van der Waals surface area contributed by atoms with Crippen molar-refractivity contribution in [3.63, 3.8) is 0 Å². The predicted molar refractivity (Wildman–Crippen MR) is 91.1 cm³/mol. The van der Waals surface area contributed by atoms with E-state index >= 15 is 0 Å². The van der Waals surface area contributed by atoms with Gasteiger partial charge in [-0.25, -0.2) is 5.43 Å². The summed E-state index contributed by atoms with van der Waals surface area (Å²) in [7, 11) is 0. The van der Waals surface area contributed by atoms with Crippen molar-refractivity contribution < 1.29 is 9.72 Å². The first kappa shape index (κ1) is 16.1. The van der Waals surface area contributed by atoms with Crippen molar-refractivity contribution in [2.24, 2.45) is 11.0 Å². The smallest absolute Gasteiger partial charge is 0.270 e. The minimum atomic E-state index is -0.513. The quantitative estimate of drug-likeness (QED) is 0.512. The molecule has 2 atom stereocenters. The Kier molecular flexibility index (Phi) is 4.57. The zero-order valence-corrected chi connectivity index (χ0v) is 13.3. The van der Waals surface area contributed by atoms with Gasteiger partial charge in [0.05, 0.1) is 11.1 Å². The number of hydrazone groups is 1. The van der Waals surface area contributed by atoms with Gasteiger partial charge >= 0.3 is 0 Å². The van der Waals surface area contributed by atoms with Gasteiger partial charge in [-0.15, -0.1) is 0 Å². The van der Waals surface area contributed by atoms with Gasteiger partial charge in [-0.3, -0.25) is 14.9 Å². The Hall–Kier alpha value is -2.73. The molecule has 1 aliphatic carbocycles. The van der Waals surface area contributed by atoms with E-state index in [0.717, 1.165) is 12.0 Å². The highest BCUT2D eigenvalue weighted by Crippen LogP contribution is 2.47. The van der Waals surface area contributed by atoms with Crippen molar-refractivity contribution in [3.8, 4) is 0 Å². The summed E-state index contributed by atoms with van der Waals surface area (Å²) in [4.78, 5) is 22.3. The Bertz CT molecular complexity index is 808. The molecule has 1 fully saturated rings. The number of hydrogen-bond acceptors (Lipinski definition) is 4. The number of nitro groups is 1. The molecule has 0 aliphatic heterocycles. The summed E-state index contributed by atoms with van der Waals surface area (Å²) in [5.74, 6) is -0.0328. The van der Waals surface area contributed by atoms with E-state index in [1.807, 2.05) is 30.3 Å². The van der Waals surface area contributed by atoms with E-state index < -0.39 is 4.92 Å². The van der Waals surface area contributed by atoms with Crippen LogP contribution in [0.1, 0.15) is 23.5 Å². The van der Waals surface area contributed by atoms with Crippen LogP contribution in [0.5, 0.6) is 0 Å². The Morgan fingerprint density at radius 3 is 2.75 bits per heavy atom. The number of non-ortho nitro benzene ring substituents is 1. The number of carbonyl (C=O) groups excluding carboxylic acids is 1. The minimum Gasteiger partial charge on any atom is -0.273 e. The molecule has 3 rings (SSSR count). The maximum Gasteiger partial charge on any atom is 0.270 e. The third-order valence-electron chi connectivity index (χ3n) is 3.92. The van der Waals surface area contributed by atoms with Crippen LogP contribution in [0.15, 0.2) is 53.6 Å². The zero-order valence-electron chi connectivity index (χ0n) is 12.6.